The van der Waals surface area contributed by atoms with E-state index in [4.69, 9.17) is 11.6 Å². The average molecular weight is 427 g/mol. The second-order valence-electron chi connectivity index (χ2n) is 6.62. The number of non-ortho nitro benzene ring substituents is 1. The van der Waals surface area contributed by atoms with E-state index in [9.17, 15) is 20.2 Å². The number of amides is 1. The van der Waals surface area contributed by atoms with E-state index in [2.05, 4.69) is 24.1 Å². The Kier molecular flexibility index (Phi) is 8.39. The van der Waals surface area contributed by atoms with Gasteiger partial charge in [0.25, 0.3) is 11.6 Å². The average Bonchev–Trinajstić information content (AvgIpc) is 2.73. The summed E-state index contributed by atoms with van der Waals surface area (Å²) in [4.78, 5) is 25.1. The van der Waals surface area contributed by atoms with Gasteiger partial charge >= 0.3 is 0 Å². The van der Waals surface area contributed by atoms with Crippen molar-refractivity contribution in [1.82, 2.24) is 0 Å². The number of benzene rings is 2. The second kappa shape index (κ2) is 11.0. The Bertz CT molecular complexity index is 975. The summed E-state index contributed by atoms with van der Waals surface area (Å²) < 4.78 is 0. The number of carbonyl (C=O) groups is 1. The molecule has 0 saturated carbocycles. The fraction of sp³-hybridized carbons (Fsp3) is 0.273. The number of nitrogens with one attached hydrogen (secondary N) is 1. The van der Waals surface area contributed by atoms with E-state index >= 15 is 0 Å². The Hall–Kier alpha value is -3.37. The van der Waals surface area contributed by atoms with Crippen molar-refractivity contribution in [2.75, 3.05) is 23.3 Å². The van der Waals surface area contributed by atoms with Crippen LogP contribution < -0.4 is 10.2 Å². The highest BCUT2D eigenvalue weighted by atomic mass is 35.5. The van der Waals surface area contributed by atoms with Gasteiger partial charge in [0.05, 0.1) is 15.6 Å². The van der Waals surface area contributed by atoms with Crippen molar-refractivity contribution in [3.63, 3.8) is 0 Å². The number of anilines is 2. The molecule has 1 N–H and O–H groups in total. The Morgan fingerprint density at radius 2 is 1.83 bits per heavy atom. The molecule has 0 aliphatic heterocycles. The van der Waals surface area contributed by atoms with Gasteiger partial charge in [-0.1, -0.05) is 37.6 Å². The maximum atomic E-state index is 12.5. The molecule has 8 heteroatoms. The van der Waals surface area contributed by atoms with Crippen LogP contribution in [-0.2, 0) is 4.79 Å². The Morgan fingerprint density at radius 3 is 2.37 bits per heavy atom. The number of carbonyl (C=O) groups excluding carboxylic acids is 1. The number of nitro benzene ring substituents is 1. The molecule has 0 heterocycles. The van der Waals surface area contributed by atoms with Crippen molar-refractivity contribution in [1.29, 1.82) is 5.26 Å². The van der Waals surface area contributed by atoms with E-state index in [-0.39, 0.29) is 22.0 Å². The topological polar surface area (TPSA) is 99.3 Å². The summed E-state index contributed by atoms with van der Waals surface area (Å²) in [6.45, 7) is 6.17. The molecule has 30 heavy (non-hydrogen) atoms. The zero-order valence-corrected chi connectivity index (χ0v) is 17.6. The first-order chi connectivity index (χ1) is 14.4. The van der Waals surface area contributed by atoms with Crippen molar-refractivity contribution in [2.24, 2.45) is 0 Å². The summed E-state index contributed by atoms with van der Waals surface area (Å²) in [6.07, 6.45) is 3.55. The largest absolute Gasteiger partial charge is 0.372 e. The van der Waals surface area contributed by atoms with Gasteiger partial charge < -0.3 is 10.2 Å². The molecule has 0 aromatic heterocycles. The zero-order chi connectivity index (χ0) is 22.1. The lowest BCUT2D eigenvalue weighted by Crippen LogP contribution is -2.24. The Balaban J connectivity index is 2.21. The summed E-state index contributed by atoms with van der Waals surface area (Å²) in [7, 11) is 0. The molecule has 2 aromatic carbocycles. The molecule has 2 aromatic rings. The fourth-order valence-corrected chi connectivity index (χ4v) is 3.08. The van der Waals surface area contributed by atoms with Crippen LogP contribution in [0.5, 0.6) is 0 Å². The first-order valence-corrected chi connectivity index (χ1v) is 9.99. The van der Waals surface area contributed by atoms with Crippen LogP contribution in [-0.4, -0.2) is 23.9 Å². The van der Waals surface area contributed by atoms with Gasteiger partial charge in [0.1, 0.15) is 11.6 Å². The summed E-state index contributed by atoms with van der Waals surface area (Å²) in [5, 5.41) is 22.9. The predicted octanol–water partition coefficient (Wildman–Crippen LogP) is 5.42. The van der Waals surface area contributed by atoms with Crippen LogP contribution in [0.15, 0.2) is 48.0 Å². The van der Waals surface area contributed by atoms with Crippen LogP contribution in [0, 0.1) is 21.4 Å². The lowest BCUT2D eigenvalue weighted by Gasteiger charge is -2.23. The van der Waals surface area contributed by atoms with Crippen molar-refractivity contribution in [2.45, 2.75) is 26.7 Å². The van der Waals surface area contributed by atoms with E-state index in [0.29, 0.717) is 5.56 Å². The highest BCUT2D eigenvalue weighted by Crippen LogP contribution is 2.27. The van der Waals surface area contributed by atoms with Gasteiger partial charge in [-0.3, -0.25) is 14.9 Å². The number of nitrogens with zero attached hydrogens (tertiary/aromatic N) is 3. The third kappa shape index (κ3) is 6.06. The van der Waals surface area contributed by atoms with Crippen LogP contribution in [0.25, 0.3) is 6.08 Å². The van der Waals surface area contributed by atoms with E-state index < -0.39 is 10.8 Å². The maximum absolute atomic E-state index is 12.5. The zero-order valence-electron chi connectivity index (χ0n) is 16.9. The molecule has 0 aliphatic rings. The minimum Gasteiger partial charge on any atom is -0.372 e. The summed E-state index contributed by atoms with van der Waals surface area (Å²) in [5.41, 5.74) is 1.51. The summed E-state index contributed by atoms with van der Waals surface area (Å²) in [6, 6.07) is 13.2. The second-order valence-corrected chi connectivity index (χ2v) is 7.03. The summed E-state index contributed by atoms with van der Waals surface area (Å²) >= 11 is 6.01. The SMILES string of the molecule is CCCN(CCC)c1ccc(C=C(C#N)C(=O)Nc2cc([N+](=O)[O-])ccc2Cl)cc1. The predicted molar refractivity (Wildman–Crippen MR) is 120 cm³/mol. The minimum atomic E-state index is -0.692. The molecule has 0 radical (unpaired) electrons. The van der Waals surface area contributed by atoms with E-state index in [1.165, 1.54) is 18.2 Å². The van der Waals surface area contributed by atoms with E-state index in [0.717, 1.165) is 37.7 Å². The highest BCUT2D eigenvalue weighted by Gasteiger charge is 2.15. The fourth-order valence-electron chi connectivity index (χ4n) is 2.92. The van der Waals surface area contributed by atoms with Gasteiger partial charge in [-0.05, 0) is 42.7 Å². The molecule has 0 saturated heterocycles. The third-order valence-electron chi connectivity index (χ3n) is 4.33. The van der Waals surface area contributed by atoms with Gasteiger partial charge in [0, 0.05) is 30.9 Å². The van der Waals surface area contributed by atoms with Crippen molar-refractivity contribution < 1.29 is 9.72 Å². The Labute approximate surface area is 180 Å². The smallest absolute Gasteiger partial charge is 0.271 e. The van der Waals surface area contributed by atoms with Crippen LogP contribution in [0.1, 0.15) is 32.3 Å². The number of nitriles is 1. The first-order valence-electron chi connectivity index (χ1n) is 9.61. The molecule has 0 spiro atoms. The summed E-state index contributed by atoms with van der Waals surface area (Å²) in [5.74, 6) is -0.692. The number of hydrogen-bond donors (Lipinski definition) is 1. The lowest BCUT2D eigenvalue weighted by molar-refractivity contribution is -0.384. The van der Waals surface area contributed by atoms with Crippen LogP contribution in [0.2, 0.25) is 5.02 Å². The van der Waals surface area contributed by atoms with Crippen molar-refractivity contribution in [3.05, 3.63) is 68.7 Å². The van der Waals surface area contributed by atoms with Crippen molar-refractivity contribution >= 4 is 40.6 Å². The molecule has 0 aliphatic carbocycles. The van der Waals surface area contributed by atoms with Gasteiger partial charge in [-0.25, -0.2) is 0 Å². The standard InChI is InChI=1S/C22H23ClN4O3/c1-3-11-26(12-4-2)18-7-5-16(6-8-18)13-17(15-24)22(28)25-21-14-19(27(29)30)9-10-20(21)23/h5-10,13-14H,3-4,11-12H2,1-2H3,(H,25,28). The monoisotopic (exact) mass is 426 g/mol. The quantitative estimate of drug-likeness (QED) is 0.250. The molecule has 0 unspecified atom stereocenters. The molecule has 2 rings (SSSR count). The first kappa shape index (κ1) is 22.9. The number of hydrogen-bond acceptors (Lipinski definition) is 5. The molecule has 0 atom stereocenters. The lowest BCUT2D eigenvalue weighted by atomic mass is 10.1. The normalized spacial score (nSPS) is 10.9. The maximum Gasteiger partial charge on any atom is 0.271 e. The molecule has 1 amide bonds. The molecule has 156 valence electrons. The number of halogens is 1. The van der Waals surface area contributed by atoms with Gasteiger partial charge in [0.2, 0.25) is 0 Å². The molecular formula is C22H23ClN4O3. The van der Waals surface area contributed by atoms with Crippen LogP contribution in [0.4, 0.5) is 17.1 Å². The van der Waals surface area contributed by atoms with Crippen LogP contribution in [0.3, 0.4) is 0 Å². The third-order valence-corrected chi connectivity index (χ3v) is 4.66. The Morgan fingerprint density at radius 1 is 1.20 bits per heavy atom. The van der Waals surface area contributed by atoms with E-state index in [1.54, 1.807) is 0 Å². The molecule has 0 bridgehead atoms. The highest BCUT2D eigenvalue weighted by molar-refractivity contribution is 6.34. The number of rotatable bonds is 9. The van der Waals surface area contributed by atoms with Gasteiger partial charge in [-0.2, -0.15) is 5.26 Å². The molecule has 0 fully saturated rings. The van der Waals surface area contributed by atoms with Gasteiger partial charge in [-0.15, -0.1) is 0 Å². The van der Waals surface area contributed by atoms with Crippen molar-refractivity contribution in [3.8, 4) is 6.07 Å². The molecule has 7 nitrogen and oxygen atoms in total. The minimum absolute atomic E-state index is 0.0714. The van der Waals surface area contributed by atoms with Gasteiger partial charge in [0.15, 0.2) is 0 Å². The van der Waals surface area contributed by atoms with E-state index in [1.807, 2.05) is 30.3 Å². The van der Waals surface area contributed by atoms with Crippen LogP contribution >= 0.6 is 11.6 Å². The molecular weight excluding hydrogens is 404 g/mol. The number of nitro groups is 1.